The van der Waals surface area contributed by atoms with E-state index in [4.69, 9.17) is 0 Å². The number of hydrogen-bond donors (Lipinski definition) is 2. The maximum absolute atomic E-state index is 11.9. The molecule has 0 aliphatic heterocycles. The summed E-state index contributed by atoms with van der Waals surface area (Å²) in [5.74, 6) is 0.274. The van der Waals surface area contributed by atoms with Crippen molar-refractivity contribution in [3.8, 4) is 0 Å². The first kappa shape index (κ1) is 18.5. The van der Waals surface area contributed by atoms with Crippen LogP contribution in [0.4, 0.5) is 0 Å². The fourth-order valence-corrected chi connectivity index (χ4v) is 3.16. The molecule has 124 valence electrons. The standard InChI is InChI=1S/C18H36N2O/c1-3-5-6-7-8-9-10-18(21)20-17-13-11-16(12-14-17)19-15-4-2/h16-17,19H,3-15H2,1-2H3,(H,20,21). The molecule has 1 aliphatic rings. The van der Waals surface area contributed by atoms with Crippen molar-refractivity contribution in [2.75, 3.05) is 6.54 Å². The summed E-state index contributed by atoms with van der Waals surface area (Å²) in [4.78, 5) is 11.9. The fraction of sp³-hybridized carbons (Fsp3) is 0.944. The van der Waals surface area contributed by atoms with Crippen LogP contribution >= 0.6 is 0 Å². The molecule has 1 rings (SSSR count). The molecule has 2 N–H and O–H groups in total. The first-order valence-electron chi connectivity index (χ1n) is 9.29. The van der Waals surface area contributed by atoms with Crippen LogP contribution < -0.4 is 10.6 Å². The van der Waals surface area contributed by atoms with Gasteiger partial charge in [-0.3, -0.25) is 4.79 Å². The molecule has 0 saturated heterocycles. The molecule has 0 atom stereocenters. The van der Waals surface area contributed by atoms with Gasteiger partial charge in [0.1, 0.15) is 0 Å². The first-order chi connectivity index (χ1) is 10.3. The Bertz CT molecular complexity index is 260. The van der Waals surface area contributed by atoms with E-state index in [-0.39, 0.29) is 5.91 Å². The van der Waals surface area contributed by atoms with Crippen LogP contribution in [0.2, 0.25) is 0 Å². The second-order valence-corrected chi connectivity index (χ2v) is 6.59. The van der Waals surface area contributed by atoms with Gasteiger partial charge in [0.2, 0.25) is 5.91 Å². The molecule has 0 spiro atoms. The van der Waals surface area contributed by atoms with E-state index in [9.17, 15) is 4.79 Å². The van der Waals surface area contributed by atoms with E-state index in [2.05, 4.69) is 24.5 Å². The van der Waals surface area contributed by atoms with Crippen molar-refractivity contribution in [3.63, 3.8) is 0 Å². The molecule has 1 aliphatic carbocycles. The van der Waals surface area contributed by atoms with Gasteiger partial charge in [0, 0.05) is 18.5 Å². The Morgan fingerprint density at radius 2 is 1.48 bits per heavy atom. The molecule has 1 amide bonds. The van der Waals surface area contributed by atoms with Crippen LogP contribution in [-0.4, -0.2) is 24.5 Å². The second kappa shape index (κ2) is 12.0. The summed E-state index contributed by atoms with van der Waals surface area (Å²) in [6.45, 7) is 5.57. The average Bonchev–Trinajstić information content (AvgIpc) is 2.50. The highest BCUT2D eigenvalue weighted by Gasteiger charge is 2.21. The minimum Gasteiger partial charge on any atom is -0.353 e. The molecule has 0 aromatic heterocycles. The number of unbranched alkanes of at least 4 members (excludes halogenated alkanes) is 5. The van der Waals surface area contributed by atoms with E-state index in [0.717, 1.165) is 32.2 Å². The van der Waals surface area contributed by atoms with Gasteiger partial charge < -0.3 is 10.6 Å². The van der Waals surface area contributed by atoms with E-state index < -0.39 is 0 Å². The Kier molecular flexibility index (Phi) is 10.6. The maximum atomic E-state index is 11.9. The first-order valence-corrected chi connectivity index (χ1v) is 9.29. The van der Waals surface area contributed by atoms with Gasteiger partial charge in [-0.2, -0.15) is 0 Å². The quantitative estimate of drug-likeness (QED) is 0.562. The molecule has 0 unspecified atom stereocenters. The molecule has 21 heavy (non-hydrogen) atoms. The van der Waals surface area contributed by atoms with Crippen molar-refractivity contribution in [1.29, 1.82) is 0 Å². The van der Waals surface area contributed by atoms with Crippen LogP contribution in [0, 0.1) is 0 Å². The van der Waals surface area contributed by atoms with Crippen molar-refractivity contribution in [3.05, 3.63) is 0 Å². The highest BCUT2D eigenvalue weighted by atomic mass is 16.1. The molecular formula is C18H36N2O. The van der Waals surface area contributed by atoms with Crippen molar-refractivity contribution in [2.45, 2.75) is 103 Å². The Labute approximate surface area is 131 Å². The topological polar surface area (TPSA) is 41.1 Å². The highest BCUT2D eigenvalue weighted by molar-refractivity contribution is 5.76. The van der Waals surface area contributed by atoms with Gasteiger partial charge in [0.05, 0.1) is 0 Å². The number of carbonyl (C=O) groups is 1. The monoisotopic (exact) mass is 296 g/mol. The molecule has 1 fully saturated rings. The predicted molar refractivity (Wildman–Crippen MR) is 90.5 cm³/mol. The van der Waals surface area contributed by atoms with Gasteiger partial charge in [-0.25, -0.2) is 0 Å². The summed E-state index contributed by atoms with van der Waals surface area (Å²) < 4.78 is 0. The van der Waals surface area contributed by atoms with E-state index >= 15 is 0 Å². The average molecular weight is 296 g/mol. The third kappa shape index (κ3) is 9.13. The Hall–Kier alpha value is -0.570. The number of carbonyl (C=O) groups excluding carboxylic acids is 1. The van der Waals surface area contributed by atoms with Crippen molar-refractivity contribution in [1.82, 2.24) is 10.6 Å². The van der Waals surface area contributed by atoms with Crippen LogP contribution in [0.1, 0.15) is 90.9 Å². The molecule has 0 radical (unpaired) electrons. The minimum absolute atomic E-state index is 0.274. The highest BCUT2D eigenvalue weighted by Crippen LogP contribution is 2.19. The lowest BCUT2D eigenvalue weighted by Crippen LogP contribution is -2.42. The maximum Gasteiger partial charge on any atom is 0.220 e. The summed E-state index contributed by atoms with van der Waals surface area (Å²) in [6, 6.07) is 1.11. The Balaban J connectivity index is 2.00. The fourth-order valence-electron chi connectivity index (χ4n) is 3.16. The van der Waals surface area contributed by atoms with Gasteiger partial charge in [-0.15, -0.1) is 0 Å². The number of hydrogen-bond acceptors (Lipinski definition) is 2. The van der Waals surface area contributed by atoms with Gasteiger partial charge in [-0.05, 0) is 45.1 Å². The van der Waals surface area contributed by atoms with Crippen molar-refractivity contribution in [2.24, 2.45) is 0 Å². The lowest BCUT2D eigenvalue weighted by atomic mass is 9.91. The molecular weight excluding hydrogens is 260 g/mol. The third-order valence-electron chi connectivity index (χ3n) is 4.53. The smallest absolute Gasteiger partial charge is 0.220 e. The predicted octanol–water partition coefficient (Wildman–Crippen LogP) is 4.16. The number of rotatable bonds is 11. The Morgan fingerprint density at radius 1 is 0.857 bits per heavy atom. The number of amides is 1. The summed E-state index contributed by atoms with van der Waals surface area (Å²) in [5, 5.41) is 6.82. The van der Waals surface area contributed by atoms with Crippen LogP contribution in [-0.2, 0) is 4.79 Å². The zero-order valence-corrected chi connectivity index (χ0v) is 14.3. The van der Waals surface area contributed by atoms with Crippen molar-refractivity contribution < 1.29 is 4.79 Å². The van der Waals surface area contributed by atoms with E-state index in [1.807, 2.05) is 0 Å². The van der Waals surface area contributed by atoms with Crippen LogP contribution in [0.25, 0.3) is 0 Å². The lowest BCUT2D eigenvalue weighted by Gasteiger charge is -2.29. The normalized spacial score (nSPS) is 22.2. The zero-order valence-electron chi connectivity index (χ0n) is 14.3. The van der Waals surface area contributed by atoms with E-state index in [1.165, 1.54) is 51.4 Å². The second-order valence-electron chi connectivity index (χ2n) is 6.59. The SMILES string of the molecule is CCCCCCCCC(=O)NC1CCC(NCCC)CC1. The molecule has 1 saturated carbocycles. The van der Waals surface area contributed by atoms with Crippen LogP contribution in [0.15, 0.2) is 0 Å². The van der Waals surface area contributed by atoms with E-state index in [1.54, 1.807) is 0 Å². The molecule has 0 aromatic carbocycles. The summed E-state index contributed by atoms with van der Waals surface area (Å²) in [5.41, 5.74) is 0. The molecule has 3 heteroatoms. The summed E-state index contributed by atoms with van der Waals surface area (Å²) in [6.07, 6.45) is 14.1. The minimum atomic E-state index is 0.274. The molecule has 3 nitrogen and oxygen atoms in total. The van der Waals surface area contributed by atoms with Gasteiger partial charge in [-0.1, -0.05) is 46.0 Å². The lowest BCUT2D eigenvalue weighted by molar-refractivity contribution is -0.122. The molecule has 0 bridgehead atoms. The van der Waals surface area contributed by atoms with Crippen LogP contribution in [0.3, 0.4) is 0 Å². The van der Waals surface area contributed by atoms with Gasteiger partial charge in [0.15, 0.2) is 0 Å². The molecule has 0 aromatic rings. The van der Waals surface area contributed by atoms with Gasteiger partial charge in [0.25, 0.3) is 0 Å². The Morgan fingerprint density at radius 3 is 2.14 bits per heavy atom. The van der Waals surface area contributed by atoms with Crippen molar-refractivity contribution >= 4 is 5.91 Å². The molecule has 0 heterocycles. The summed E-state index contributed by atoms with van der Waals surface area (Å²) >= 11 is 0. The summed E-state index contributed by atoms with van der Waals surface area (Å²) in [7, 11) is 0. The zero-order chi connectivity index (χ0) is 15.3. The van der Waals surface area contributed by atoms with E-state index in [0.29, 0.717) is 12.1 Å². The van der Waals surface area contributed by atoms with Gasteiger partial charge >= 0.3 is 0 Å². The largest absolute Gasteiger partial charge is 0.353 e. The van der Waals surface area contributed by atoms with Crippen LogP contribution in [0.5, 0.6) is 0 Å². The third-order valence-corrected chi connectivity index (χ3v) is 4.53. The number of nitrogens with one attached hydrogen (secondary N) is 2.